The fourth-order valence-corrected chi connectivity index (χ4v) is 2.93. The Bertz CT molecular complexity index is 803. The minimum Gasteiger partial charge on any atom is -0.476 e. The zero-order valence-corrected chi connectivity index (χ0v) is 16.1. The molecule has 0 aliphatic heterocycles. The molecule has 3 aromatic rings. The fourth-order valence-electron chi connectivity index (χ4n) is 2.68. The molecule has 2 aromatic carbocycles. The molecule has 25 heavy (non-hydrogen) atoms. The first-order valence-electron chi connectivity index (χ1n) is 8.11. The van der Waals surface area contributed by atoms with Gasteiger partial charge in [0.05, 0.1) is 29.1 Å². The summed E-state index contributed by atoms with van der Waals surface area (Å²) in [4.78, 5) is 2.14. The predicted molar refractivity (Wildman–Crippen MR) is 106 cm³/mol. The Morgan fingerprint density at radius 3 is 2.56 bits per heavy atom. The van der Waals surface area contributed by atoms with Crippen LogP contribution in [0.4, 0.5) is 0 Å². The molecule has 0 bridgehead atoms. The number of rotatable bonds is 7. The van der Waals surface area contributed by atoms with Gasteiger partial charge < -0.3 is 9.64 Å². The van der Waals surface area contributed by atoms with Crippen LogP contribution in [0.25, 0.3) is 10.9 Å². The van der Waals surface area contributed by atoms with Gasteiger partial charge in [0.1, 0.15) is 0 Å². The summed E-state index contributed by atoms with van der Waals surface area (Å²) < 4.78 is 7.88. The van der Waals surface area contributed by atoms with E-state index in [1.54, 1.807) is 0 Å². The molecule has 0 N–H and O–H groups in total. The highest BCUT2D eigenvalue weighted by molar-refractivity contribution is 6.35. The lowest BCUT2D eigenvalue weighted by atomic mass is 10.2. The van der Waals surface area contributed by atoms with Gasteiger partial charge >= 0.3 is 0 Å². The normalized spacial score (nSPS) is 10.9. The minimum absolute atomic E-state index is 0. The largest absolute Gasteiger partial charge is 0.476 e. The third-order valence-electron chi connectivity index (χ3n) is 3.86. The molecule has 1 heterocycles. The Morgan fingerprint density at radius 1 is 1.08 bits per heavy atom. The van der Waals surface area contributed by atoms with E-state index in [2.05, 4.69) is 36.2 Å². The van der Waals surface area contributed by atoms with Crippen LogP contribution in [-0.2, 0) is 6.54 Å². The van der Waals surface area contributed by atoms with E-state index in [9.17, 15) is 0 Å². The molecule has 4 nitrogen and oxygen atoms in total. The smallest absolute Gasteiger partial charge is 0.242 e. The monoisotopic (exact) mass is 379 g/mol. The highest BCUT2D eigenvalue weighted by Crippen LogP contribution is 2.32. The van der Waals surface area contributed by atoms with Crippen LogP contribution in [0.1, 0.15) is 12.0 Å². The third-order valence-corrected chi connectivity index (χ3v) is 4.17. The van der Waals surface area contributed by atoms with Gasteiger partial charge in [-0.3, -0.25) is 4.68 Å². The number of benzene rings is 2. The van der Waals surface area contributed by atoms with Gasteiger partial charge in [0, 0.05) is 6.54 Å². The Balaban J connectivity index is 0.00000225. The van der Waals surface area contributed by atoms with E-state index in [4.69, 9.17) is 16.3 Å². The van der Waals surface area contributed by atoms with Crippen LogP contribution in [0.5, 0.6) is 5.88 Å². The Labute approximate surface area is 159 Å². The van der Waals surface area contributed by atoms with E-state index in [1.807, 2.05) is 41.1 Å². The highest BCUT2D eigenvalue weighted by atomic mass is 35.5. The van der Waals surface area contributed by atoms with Crippen LogP contribution >= 0.6 is 24.0 Å². The number of hydrogen-bond acceptors (Lipinski definition) is 3. The number of nitrogens with zero attached hydrogens (tertiary/aromatic N) is 3. The van der Waals surface area contributed by atoms with Crippen LogP contribution < -0.4 is 4.74 Å². The maximum atomic E-state index is 6.40. The Hall–Kier alpha value is -1.75. The fraction of sp³-hybridized carbons (Fsp3) is 0.316. The maximum absolute atomic E-state index is 6.40. The molecule has 1 aromatic heterocycles. The first kappa shape index (κ1) is 19.6. The van der Waals surface area contributed by atoms with Crippen LogP contribution in [-0.4, -0.2) is 41.9 Å². The van der Waals surface area contributed by atoms with Crippen molar-refractivity contribution in [2.75, 3.05) is 27.2 Å². The molecule has 0 fully saturated rings. The quantitative estimate of drug-likeness (QED) is 0.566. The van der Waals surface area contributed by atoms with Gasteiger partial charge in [-0.25, -0.2) is 0 Å². The molecule has 6 heteroatoms. The number of fused-ring (bicyclic) bond motifs is 1. The molecule has 0 saturated carbocycles. The van der Waals surface area contributed by atoms with Gasteiger partial charge in [-0.2, -0.15) is 0 Å². The Kier molecular flexibility index (Phi) is 7.12. The van der Waals surface area contributed by atoms with Crippen molar-refractivity contribution in [2.24, 2.45) is 0 Å². The number of aromatic nitrogens is 2. The van der Waals surface area contributed by atoms with Crippen molar-refractivity contribution in [2.45, 2.75) is 13.0 Å². The molecule has 0 radical (unpaired) electrons. The lowest BCUT2D eigenvalue weighted by Crippen LogP contribution is -2.15. The SMILES string of the molecule is CN(C)CCCOc1nn(Cc2ccccc2)c2cccc(Cl)c12.Cl. The summed E-state index contributed by atoms with van der Waals surface area (Å²) in [5.41, 5.74) is 2.19. The summed E-state index contributed by atoms with van der Waals surface area (Å²) in [6.07, 6.45) is 0.949. The van der Waals surface area contributed by atoms with Crippen molar-refractivity contribution >= 4 is 34.9 Å². The topological polar surface area (TPSA) is 30.3 Å². The van der Waals surface area contributed by atoms with E-state index < -0.39 is 0 Å². The molecule has 3 rings (SSSR count). The number of ether oxygens (including phenoxy) is 1. The van der Waals surface area contributed by atoms with Crippen LogP contribution in [0, 0.1) is 0 Å². The van der Waals surface area contributed by atoms with Crippen LogP contribution in [0.2, 0.25) is 5.02 Å². The average molecular weight is 380 g/mol. The molecule has 0 aliphatic carbocycles. The van der Waals surface area contributed by atoms with Crippen molar-refractivity contribution in [3.63, 3.8) is 0 Å². The molecule has 134 valence electrons. The van der Waals surface area contributed by atoms with Crippen LogP contribution in [0.15, 0.2) is 48.5 Å². The third kappa shape index (κ3) is 4.88. The first-order chi connectivity index (χ1) is 11.6. The molecule has 0 atom stereocenters. The van der Waals surface area contributed by atoms with E-state index in [-0.39, 0.29) is 12.4 Å². The summed E-state index contributed by atoms with van der Waals surface area (Å²) in [6, 6.07) is 16.1. The second kappa shape index (κ2) is 9.09. The van der Waals surface area contributed by atoms with Gasteiger partial charge in [0.15, 0.2) is 0 Å². The zero-order valence-electron chi connectivity index (χ0n) is 14.5. The lowest BCUT2D eigenvalue weighted by Gasteiger charge is -2.09. The van der Waals surface area contributed by atoms with Crippen molar-refractivity contribution in [1.82, 2.24) is 14.7 Å². The van der Waals surface area contributed by atoms with Crippen molar-refractivity contribution in [3.05, 3.63) is 59.1 Å². The number of hydrogen-bond donors (Lipinski definition) is 0. The van der Waals surface area contributed by atoms with E-state index in [1.165, 1.54) is 5.56 Å². The molecular formula is C19H23Cl2N3O. The first-order valence-corrected chi connectivity index (χ1v) is 8.49. The van der Waals surface area contributed by atoms with Gasteiger partial charge in [-0.15, -0.1) is 17.5 Å². The molecule has 0 saturated heterocycles. The van der Waals surface area contributed by atoms with E-state index >= 15 is 0 Å². The minimum atomic E-state index is 0. The second-order valence-electron chi connectivity index (χ2n) is 6.09. The molecule has 0 spiro atoms. The van der Waals surface area contributed by atoms with E-state index in [0.29, 0.717) is 24.1 Å². The Morgan fingerprint density at radius 2 is 1.84 bits per heavy atom. The molecular weight excluding hydrogens is 357 g/mol. The van der Waals surface area contributed by atoms with Crippen molar-refractivity contribution in [1.29, 1.82) is 0 Å². The molecule has 0 amide bonds. The summed E-state index contributed by atoms with van der Waals surface area (Å²) in [5.74, 6) is 0.616. The van der Waals surface area contributed by atoms with Crippen molar-refractivity contribution in [3.8, 4) is 5.88 Å². The summed E-state index contributed by atoms with van der Waals surface area (Å²) in [6.45, 7) is 2.30. The summed E-state index contributed by atoms with van der Waals surface area (Å²) >= 11 is 6.40. The van der Waals surface area contributed by atoms with Crippen molar-refractivity contribution < 1.29 is 4.74 Å². The predicted octanol–water partition coefficient (Wildman–Crippen LogP) is 4.49. The zero-order chi connectivity index (χ0) is 16.9. The van der Waals surface area contributed by atoms with Crippen LogP contribution in [0.3, 0.4) is 0 Å². The van der Waals surface area contributed by atoms with E-state index in [0.717, 1.165) is 23.9 Å². The van der Waals surface area contributed by atoms with Gasteiger partial charge in [0.25, 0.3) is 0 Å². The molecule has 0 aliphatic rings. The maximum Gasteiger partial charge on any atom is 0.242 e. The highest BCUT2D eigenvalue weighted by Gasteiger charge is 2.15. The van der Waals surface area contributed by atoms with Gasteiger partial charge in [0.2, 0.25) is 5.88 Å². The standard InChI is InChI=1S/C19H22ClN3O.ClH/c1-22(2)12-7-13-24-19-18-16(20)10-6-11-17(18)23(21-19)14-15-8-4-3-5-9-15;/h3-6,8-11H,7,12-14H2,1-2H3;1H. The average Bonchev–Trinajstić information content (AvgIpc) is 2.92. The van der Waals surface area contributed by atoms with Gasteiger partial charge in [-0.05, 0) is 38.2 Å². The summed E-state index contributed by atoms with van der Waals surface area (Å²) in [5, 5.41) is 6.22. The number of halogens is 2. The second-order valence-corrected chi connectivity index (χ2v) is 6.49. The lowest BCUT2D eigenvalue weighted by molar-refractivity contribution is 0.273. The summed E-state index contributed by atoms with van der Waals surface area (Å²) in [7, 11) is 4.11. The van der Waals surface area contributed by atoms with Gasteiger partial charge in [-0.1, -0.05) is 48.0 Å². The molecule has 0 unspecified atom stereocenters.